The molecule has 0 heterocycles. The Morgan fingerprint density at radius 1 is 0.871 bits per heavy atom. The Hall–Kier alpha value is -3.35. The van der Waals surface area contributed by atoms with Gasteiger partial charge in [0.05, 0.1) is 6.54 Å². The summed E-state index contributed by atoms with van der Waals surface area (Å²) in [6, 6.07) is 13.9. The van der Waals surface area contributed by atoms with Crippen molar-refractivity contribution in [2.45, 2.75) is 33.6 Å². The highest BCUT2D eigenvalue weighted by Crippen LogP contribution is 2.13. The maximum absolute atomic E-state index is 12.3. The molecular weight excluding hydrogens is 392 g/mol. The lowest BCUT2D eigenvalue weighted by Gasteiger charge is -2.18. The van der Waals surface area contributed by atoms with Crippen LogP contribution >= 0.6 is 0 Å². The summed E-state index contributed by atoms with van der Waals surface area (Å²) in [6.07, 6.45) is 1.94. The van der Waals surface area contributed by atoms with Gasteiger partial charge in [-0.05, 0) is 62.7 Å². The Morgan fingerprint density at radius 2 is 1.58 bits per heavy atom. The molecule has 0 saturated heterocycles. The van der Waals surface area contributed by atoms with Crippen molar-refractivity contribution in [2.24, 2.45) is 0 Å². The molecule has 0 atom stereocenters. The van der Waals surface area contributed by atoms with Crippen molar-refractivity contribution >= 4 is 29.1 Å². The molecule has 2 aromatic carbocycles. The van der Waals surface area contributed by atoms with E-state index in [-0.39, 0.29) is 24.3 Å². The summed E-state index contributed by atoms with van der Waals surface area (Å²) >= 11 is 0. The van der Waals surface area contributed by atoms with E-state index in [1.807, 2.05) is 13.8 Å². The number of nitrogens with one attached hydrogen (secondary N) is 3. The Bertz CT molecular complexity index is 877. The predicted molar refractivity (Wildman–Crippen MR) is 124 cm³/mol. The average molecular weight is 425 g/mol. The molecule has 0 aliphatic rings. The van der Waals surface area contributed by atoms with E-state index in [0.29, 0.717) is 36.4 Å². The van der Waals surface area contributed by atoms with Crippen LogP contribution in [0.15, 0.2) is 48.5 Å². The van der Waals surface area contributed by atoms with Crippen molar-refractivity contribution in [2.75, 3.05) is 36.8 Å². The van der Waals surface area contributed by atoms with Crippen molar-refractivity contribution in [3.8, 4) is 0 Å². The van der Waals surface area contributed by atoms with Gasteiger partial charge in [-0.15, -0.1) is 0 Å². The van der Waals surface area contributed by atoms with E-state index in [9.17, 15) is 14.4 Å². The maximum Gasteiger partial charge on any atom is 0.253 e. The number of rotatable bonds is 11. The molecule has 166 valence electrons. The molecule has 7 heteroatoms. The van der Waals surface area contributed by atoms with Gasteiger partial charge in [-0.25, -0.2) is 0 Å². The van der Waals surface area contributed by atoms with Gasteiger partial charge < -0.3 is 20.9 Å². The monoisotopic (exact) mass is 424 g/mol. The van der Waals surface area contributed by atoms with Crippen molar-refractivity contribution in [1.82, 2.24) is 10.2 Å². The summed E-state index contributed by atoms with van der Waals surface area (Å²) in [5, 5.41) is 8.70. The quantitative estimate of drug-likeness (QED) is 0.479. The fourth-order valence-corrected chi connectivity index (χ4v) is 3.03. The number of anilines is 2. The third-order valence-electron chi connectivity index (χ3n) is 4.86. The fraction of sp³-hybridized carbons (Fsp3) is 0.375. The van der Waals surface area contributed by atoms with Crippen LogP contribution in [0.5, 0.6) is 0 Å². The van der Waals surface area contributed by atoms with Gasteiger partial charge in [0.25, 0.3) is 11.8 Å². The second kappa shape index (κ2) is 12.4. The topological polar surface area (TPSA) is 90.5 Å². The zero-order valence-corrected chi connectivity index (χ0v) is 18.5. The van der Waals surface area contributed by atoms with E-state index in [0.717, 1.165) is 18.5 Å². The van der Waals surface area contributed by atoms with Crippen molar-refractivity contribution < 1.29 is 14.4 Å². The molecule has 0 spiro atoms. The van der Waals surface area contributed by atoms with Gasteiger partial charge in [0.1, 0.15) is 0 Å². The van der Waals surface area contributed by atoms with Gasteiger partial charge >= 0.3 is 0 Å². The van der Waals surface area contributed by atoms with E-state index < -0.39 is 0 Å². The first-order valence-corrected chi connectivity index (χ1v) is 10.8. The SMILES string of the molecule is CCCCNC(=O)c1cccc(NC(=O)CNc2ccc(C(=O)N(CC)CC)cc2)c1. The zero-order valence-electron chi connectivity index (χ0n) is 18.5. The Balaban J connectivity index is 1.87. The number of hydrogen-bond acceptors (Lipinski definition) is 4. The van der Waals surface area contributed by atoms with E-state index >= 15 is 0 Å². The van der Waals surface area contributed by atoms with Gasteiger partial charge in [0.2, 0.25) is 5.91 Å². The van der Waals surface area contributed by atoms with E-state index in [2.05, 4.69) is 22.9 Å². The molecule has 0 aliphatic carbocycles. The van der Waals surface area contributed by atoms with Crippen molar-refractivity contribution in [3.63, 3.8) is 0 Å². The van der Waals surface area contributed by atoms with Crippen LogP contribution in [0.25, 0.3) is 0 Å². The van der Waals surface area contributed by atoms with Gasteiger partial charge in [-0.2, -0.15) is 0 Å². The smallest absolute Gasteiger partial charge is 0.253 e. The first-order chi connectivity index (χ1) is 15.0. The minimum Gasteiger partial charge on any atom is -0.376 e. The molecule has 0 unspecified atom stereocenters. The Morgan fingerprint density at radius 3 is 2.23 bits per heavy atom. The van der Waals surface area contributed by atoms with Crippen LogP contribution in [0.1, 0.15) is 54.3 Å². The molecule has 0 radical (unpaired) electrons. The lowest BCUT2D eigenvalue weighted by molar-refractivity contribution is -0.114. The average Bonchev–Trinajstić information content (AvgIpc) is 2.79. The van der Waals surface area contributed by atoms with E-state index in [1.54, 1.807) is 53.4 Å². The van der Waals surface area contributed by atoms with Crippen LogP contribution in [-0.2, 0) is 4.79 Å². The second-order valence-electron chi connectivity index (χ2n) is 7.15. The standard InChI is InChI=1S/C24H32N4O3/c1-4-7-15-25-23(30)19-9-8-10-21(16-19)27-22(29)17-26-20-13-11-18(12-14-20)24(31)28(5-2)6-3/h8-14,16,26H,4-7,15,17H2,1-3H3,(H,25,30)(H,27,29). The molecule has 2 aromatic rings. The van der Waals surface area contributed by atoms with Gasteiger partial charge in [0, 0.05) is 42.1 Å². The van der Waals surface area contributed by atoms with Crippen molar-refractivity contribution in [3.05, 3.63) is 59.7 Å². The zero-order chi connectivity index (χ0) is 22.6. The highest BCUT2D eigenvalue weighted by molar-refractivity contribution is 5.98. The first kappa shape index (κ1) is 23.9. The van der Waals surface area contributed by atoms with Gasteiger partial charge in [-0.1, -0.05) is 19.4 Å². The summed E-state index contributed by atoms with van der Waals surface area (Å²) in [5.74, 6) is -0.387. The largest absolute Gasteiger partial charge is 0.376 e. The summed E-state index contributed by atoms with van der Waals surface area (Å²) in [5.41, 5.74) is 2.44. The number of unbranched alkanes of at least 4 members (excludes halogenated alkanes) is 1. The normalized spacial score (nSPS) is 10.3. The van der Waals surface area contributed by atoms with Crippen LogP contribution in [0.2, 0.25) is 0 Å². The first-order valence-electron chi connectivity index (χ1n) is 10.8. The van der Waals surface area contributed by atoms with Gasteiger partial charge in [-0.3, -0.25) is 14.4 Å². The van der Waals surface area contributed by atoms with Crippen molar-refractivity contribution in [1.29, 1.82) is 0 Å². The summed E-state index contributed by atoms with van der Waals surface area (Å²) in [4.78, 5) is 38.6. The van der Waals surface area contributed by atoms with Crippen LogP contribution in [0, 0.1) is 0 Å². The minimum absolute atomic E-state index is 0.00657. The molecule has 2 rings (SSSR count). The van der Waals surface area contributed by atoms with E-state index in [4.69, 9.17) is 0 Å². The minimum atomic E-state index is -0.230. The molecule has 0 aliphatic heterocycles. The fourth-order valence-electron chi connectivity index (χ4n) is 3.03. The molecule has 0 saturated carbocycles. The molecule has 7 nitrogen and oxygen atoms in total. The molecule has 3 amide bonds. The van der Waals surface area contributed by atoms with E-state index in [1.165, 1.54) is 0 Å². The predicted octanol–water partition coefficient (Wildman–Crippen LogP) is 3.75. The molecule has 0 fully saturated rings. The van der Waals surface area contributed by atoms with Crippen LogP contribution in [0.4, 0.5) is 11.4 Å². The van der Waals surface area contributed by atoms with Crippen LogP contribution in [-0.4, -0.2) is 48.8 Å². The Labute approximate surface area is 184 Å². The molecule has 0 aromatic heterocycles. The third kappa shape index (κ3) is 7.44. The highest BCUT2D eigenvalue weighted by Gasteiger charge is 2.12. The second-order valence-corrected chi connectivity index (χ2v) is 7.15. The molecule has 0 bridgehead atoms. The maximum atomic E-state index is 12.3. The Kier molecular flexibility index (Phi) is 9.55. The summed E-state index contributed by atoms with van der Waals surface area (Å²) < 4.78 is 0. The lowest BCUT2D eigenvalue weighted by atomic mass is 10.1. The van der Waals surface area contributed by atoms with Crippen LogP contribution in [0.3, 0.4) is 0 Å². The number of amides is 3. The molecule has 31 heavy (non-hydrogen) atoms. The number of carbonyl (C=O) groups is 3. The van der Waals surface area contributed by atoms with Crippen LogP contribution < -0.4 is 16.0 Å². The van der Waals surface area contributed by atoms with Gasteiger partial charge in [0.15, 0.2) is 0 Å². The number of hydrogen-bond donors (Lipinski definition) is 3. The lowest BCUT2D eigenvalue weighted by Crippen LogP contribution is -2.30. The molecular formula is C24H32N4O3. The summed E-state index contributed by atoms with van der Waals surface area (Å²) in [7, 11) is 0. The summed E-state index contributed by atoms with van der Waals surface area (Å²) in [6.45, 7) is 7.99. The third-order valence-corrected chi connectivity index (χ3v) is 4.86. The number of benzene rings is 2. The number of nitrogens with zero attached hydrogens (tertiary/aromatic N) is 1. The number of carbonyl (C=O) groups excluding carboxylic acids is 3. The highest BCUT2D eigenvalue weighted by atomic mass is 16.2. The molecule has 3 N–H and O–H groups in total.